The smallest absolute Gasteiger partial charge is 0.166 e. The summed E-state index contributed by atoms with van der Waals surface area (Å²) in [5, 5.41) is 0. The number of hydrogen-bond donors (Lipinski definition) is 0. The molecule has 1 aromatic carbocycles. The predicted molar refractivity (Wildman–Crippen MR) is 77.1 cm³/mol. The molecule has 96 valence electrons. The number of ether oxygens (including phenoxy) is 1. The first-order valence-corrected chi connectivity index (χ1v) is 7.73. The molecule has 0 bridgehead atoms. The molecule has 5 heteroatoms. The molecule has 0 spiro atoms. The Morgan fingerprint density at radius 1 is 1.39 bits per heavy atom. The van der Waals surface area contributed by atoms with Crippen LogP contribution in [0.4, 0.5) is 0 Å². The summed E-state index contributed by atoms with van der Waals surface area (Å²) in [6, 6.07) is 8.74. The number of para-hydroxylation sites is 1. The van der Waals surface area contributed by atoms with Crippen molar-refractivity contribution in [2.45, 2.75) is 30.3 Å². The van der Waals surface area contributed by atoms with Crippen molar-refractivity contribution in [3.8, 4) is 0 Å². The van der Waals surface area contributed by atoms with Crippen molar-refractivity contribution in [2.75, 3.05) is 13.2 Å². The fourth-order valence-electron chi connectivity index (χ4n) is 1.99. The van der Waals surface area contributed by atoms with Crippen LogP contribution in [-0.4, -0.2) is 34.6 Å². The molecular weight excluding hydrogens is 264 g/mol. The zero-order valence-corrected chi connectivity index (χ0v) is 12.1. The molecule has 1 aliphatic heterocycles. The normalized spacial score (nSPS) is 25.7. The molecule has 3 nitrogen and oxygen atoms in total. The van der Waals surface area contributed by atoms with Crippen molar-refractivity contribution in [3.63, 3.8) is 0 Å². The quantitative estimate of drug-likeness (QED) is 0.787. The summed E-state index contributed by atoms with van der Waals surface area (Å²) in [7, 11) is 0. The minimum atomic E-state index is 0.308. The third-order valence-corrected chi connectivity index (χ3v) is 5.32. The van der Waals surface area contributed by atoms with Crippen molar-refractivity contribution >= 4 is 33.5 Å². The van der Waals surface area contributed by atoms with Gasteiger partial charge in [-0.2, -0.15) is 0 Å². The van der Waals surface area contributed by atoms with Gasteiger partial charge in [-0.05, 0) is 37.9 Å². The van der Waals surface area contributed by atoms with Gasteiger partial charge < -0.3 is 4.74 Å². The van der Waals surface area contributed by atoms with Crippen molar-refractivity contribution in [2.24, 2.45) is 0 Å². The van der Waals surface area contributed by atoms with Gasteiger partial charge in [0.05, 0.1) is 22.9 Å². The summed E-state index contributed by atoms with van der Waals surface area (Å²) >= 11 is 3.53. The summed E-state index contributed by atoms with van der Waals surface area (Å²) in [6.45, 7) is 6.09. The highest BCUT2D eigenvalue weighted by Gasteiger charge is 2.25. The van der Waals surface area contributed by atoms with Crippen LogP contribution in [0, 0.1) is 0 Å². The second kappa shape index (κ2) is 5.17. The monoisotopic (exact) mass is 280 g/mol. The molecular formula is C13H16N2OS2. The van der Waals surface area contributed by atoms with E-state index in [4.69, 9.17) is 4.74 Å². The number of aromatic nitrogens is 1. The number of benzene rings is 1. The summed E-state index contributed by atoms with van der Waals surface area (Å²) < 4.78 is 10.4. The largest absolute Gasteiger partial charge is 0.375 e. The van der Waals surface area contributed by atoms with Crippen LogP contribution in [0.15, 0.2) is 28.6 Å². The molecule has 3 rings (SSSR count). The molecule has 2 heterocycles. The number of morpholine rings is 1. The summed E-state index contributed by atoms with van der Waals surface area (Å²) in [5.74, 6) is 0. The molecule has 18 heavy (non-hydrogen) atoms. The Balaban J connectivity index is 1.78. The minimum absolute atomic E-state index is 0.308. The van der Waals surface area contributed by atoms with E-state index in [0.717, 1.165) is 23.0 Å². The SMILES string of the molecule is CC1CN(Sc2nc3ccccc3s2)C(C)CO1. The van der Waals surface area contributed by atoms with Crippen LogP contribution in [0.1, 0.15) is 13.8 Å². The maximum absolute atomic E-state index is 5.64. The molecule has 0 saturated carbocycles. The molecule has 1 saturated heterocycles. The maximum Gasteiger partial charge on any atom is 0.166 e. The molecule has 0 aliphatic carbocycles. The van der Waals surface area contributed by atoms with Gasteiger partial charge in [-0.15, -0.1) is 11.3 Å². The van der Waals surface area contributed by atoms with Gasteiger partial charge in [0.1, 0.15) is 0 Å². The molecule has 1 aliphatic rings. The molecule has 0 N–H and O–H groups in total. The zero-order valence-electron chi connectivity index (χ0n) is 10.5. The van der Waals surface area contributed by atoms with Gasteiger partial charge in [-0.3, -0.25) is 0 Å². The van der Waals surface area contributed by atoms with Crippen molar-refractivity contribution in [3.05, 3.63) is 24.3 Å². The average Bonchev–Trinajstić information content (AvgIpc) is 2.76. The third kappa shape index (κ3) is 2.54. The Morgan fingerprint density at radius 2 is 2.22 bits per heavy atom. The third-order valence-electron chi connectivity index (χ3n) is 3.02. The van der Waals surface area contributed by atoms with E-state index < -0.39 is 0 Å². The van der Waals surface area contributed by atoms with Crippen LogP contribution in [0.5, 0.6) is 0 Å². The van der Waals surface area contributed by atoms with E-state index in [0.29, 0.717) is 12.1 Å². The van der Waals surface area contributed by atoms with Gasteiger partial charge in [0.25, 0.3) is 0 Å². The second-order valence-corrected chi connectivity index (χ2v) is 6.96. The van der Waals surface area contributed by atoms with E-state index in [9.17, 15) is 0 Å². The Bertz CT molecular complexity index is 510. The van der Waals surface area contributed by atoms with Gasteiger partial charge in [0, 0.05) is 12.6 Å². The number of fused-ring (bicyclic) bond motifs is 1. The Labute approximate surface area is 115 Å². The van der Waals surface area contributed by atoms with Gasteiger partial charge in [0.15, 0.2) is 4.34 Å². The Kier molecular flexibility index (Phi) is 3.56. The highest BCUT2D eigenvalue weighted by atomic mass is 32.2. The number of nitrogens with zero attached hydrogens (tertiary/aromatic N) is 2. The van der Waals surface area contributed by atoms with E-state index in [1.165, 1.54) is 4.70 Å². The molecule has 2 unspecified atom stereocenters. The van der Waals surface area contributed by atoms with Crippen LogP contribution in [-0.2, 0) is 4.74 Å². The van der Waals surface area contributed by atoms with Crippen LogP contribution in [0.25, 0.3) is 10.2 Å². The lowest BCUT2D eigenvalue weighted by molar-refractivity contribution is -0.0134. The first-order valence-electron chi connectivity index (χ1n) is 6.14. The Morgan fingerprint density at radius 3 is 3.06 bits per heavy atom. The second-order valence-electron chi connectivity index (χ2n) is 4.63. The van der Waals surface area contributed by atoms with Gasteiger partial charge >= 0.3 is 0 Å². The van der Waals surface area contributed by atoms with E-state index in [1.807, 2.05) is 6.07 Å². The summed E-state index contributed by atoms with van der Waals surface area (Å²) in [5.41, 5.74) is 1.10. The van der Waals surface area contributed by atoms with E-state index in [2.05, 4.69) is 41.3 Å². The van der Waals surface area contributed by atoms with E-state index in [1.54, 1.807) is 23.3 Å². The molecule has 0 amide bonds. The molecule has 0 radical (unpaired) electrons. The van der Waals surface area contributed by atoms with Crippen LogP contribution in [0.3, 0.4) is 0 Å². The van der Waals surface area contributed by atoms with Gasteiger partial charge in [0.2, 0.25) is 0 Å². The first-order chi connectivity index (χ1) is 8.72. The molecule has 1 fully saturated rings. The minimum Gasteiger partial charge on any atom is -0.375 e. The lowest BCUT2D eigenvalue weighted by Crippen LogP contribution is -2.43. The average molecular weight is 280 g/mol. The zero-order chi connectivity index (χ0) is 12.5. The van der Waals surface area contributed by atoms with Crippen molar-refractivity contribution in [1.29, 1.82) is 0 Å². The van der Waals surface area contributed by atoms with Crippen molar-refractivity contribution < 1.29 is 4.74 Å². The fraction of sp³-hybridized carbons (Fsp3) is 0.462. The summed E-state index contributed by atoms with van der Waals surface area (Å²) in [4.78, 5) is 4.67. The standard InChI is InChI=1S/C13H16N2OS2/c1-9-8-16-10(2)7-15(9)18-13-14-11-5-3-4-6-12(11)17-13/h3-6,9-10H,7-8H2,1-2H3. The van der Waals surface area contributed by atoms with Crippen LogP contribution in [0.2, 0.25) is 0 Å². The number of hydrogen-bond acceptors (Lipinski definition) is 5. The van der Waals surface area contributed by atoms with E-state index >= 15 is 0 Å². The first kappa shape index (κ1) is 12.4. The lowest BCUT2D eigenvalue weighted by Gasteiger charge is -2.34. The lowest BCUT2D eigenvalue weighted by atomic mass is 10.2. The number of thiazole rings is 1. The molecule has 2 aromatic rings. The highest BCUT2D eigenvalue weighted by molar-refractivity contribution is 7.99. The van der Waals surface area contributed by atoms with Crippen molar-refractivity contribution in [1.82, 2.24) is 9.29 Å². The summed E-state index contributed by atoms with van der Waals surface area (Å²) in [6.07, 6.45) is 0.308. The fourth-order valence-corrected chi connectivity index (χ4v) is 4.26. The van der Waals surface area contributed by atoms with Gasteiger partial charge in [-0.1, -0.05) is 12.1 Å². The molecule has 1 aromatic heterocycles. The van der Waals surface area contributed by atoms with Crippen LogP contribution >= 0.6 is 23.3 Å². The van der Waals surface area contributed by atoms with Gasteiger partial charge in [-0.25, -0.2) is 9.29 Å². The Hall–Kier alpha value is -0.620. The highest BCUT2D eigenvalue weighted by Crippen LogP contribution is 2.33. The maximum atomic E-state index is 5.64. The predicted octanol–water partition coefficient (Wildman–Crippen LogP) is 3.41. The molecule has 2 atom stereocenters. The van der Waals surface area contributed by atoms with E-state index in [-0.39, 0.29) is 0 Å². The number of rotatable bonds is 2. The topological polar surface area (TPSA) is 25.4 Å². The van der Waals surface area contributed by atoms with Crippen LogP contribution < -0.4 is 0 Å².